The Balaban J connectivity index is 2.24. The molecule has 6 heteroatoms. The Bertz CT molecular complexity index is 614. The fourth-order valence-electron chi connectivity index (χ4n) is 1.48. The first-order chi connectivity index (χ1) is 7.94. The lowest BCUT2D eigenvalue weighted by Gasteiger charge is -2.04. The molecule has 0 aliphatic carbocycles. The molecule has 0 fully saturated rings. The van der Waals surface area contributed by atoms with Gasteiger partial charge in [-0.1, -0.05) is 12.1 Å². The summed E-state index contributed by atoms with van der Waals surface area (Å²) < 4.78 is 26.3. The van der Waals surface area contributed by atoms with Crippen LogP contribution in [0.1, 0.15) is 0 Å². The maximum absolute atomic E-state index is 11.0. The standard InChI is InChI=1S/C11H13N3O2S/c1-14-7-11(12-8-14)9-3-5-10(6-4-9)13-17(2,15)16/h3-8,13H,1-2H3. The second kappa shape index (κ2) is 4.21. The van der Waals surface area contributed by atoms with E-state index in [0.29, 0.717) is 5.69 Å². The highest BCUT2D eigenvalue weighted by molar-refractivity contribution is 7.92. The molecule has 17 heavy (non-hydrogen) atoms. The topological polar surface area (TPSA) is 64.0 Å². The Morgan fingerprint density at radius 2 is 1.88 bits per heavy atom. The predicted octanol–water partition coefficient (Wildman–Crippen LogP) is 1.46. The van der Waals surface area contributed by atoms with Gasteiger partial charge < -0.3 is 4.57 Å². The van der Waals surface area contributed by atoms with Crippen LogP contribution in [0.15, 0.2) is 36.8 Å². The summed E-state index contributed by atoms with van der Waals surface area (Å²) in [5, 5.41) is 0. The molecule has 2 aromatic rings. The minimum atomic E-state index is -3.22. The van der Waals surface area contributed by atoms with Crippen LogP contribution in [0.4, 0.5) is 5.69 Å². The third kappa shape index (κ3) is 3.07. The normalized spacial score (nSPS) is 11.4. The minimum Gasteiger partial charge on any atom is -0.340 e. The molecule has 0 bridgehead atoms. The Kier molecular flexibility index (Phi) is 2.89. The number of aromatic nitrogens is 2. The zero-order chi connectivity index (χ0) is 12.5. The molecule has 0 saturated carbocycles. The fraction of sp³-hybridized carbons (Fsp3) is 0.182. The molecule has 90 valence electrons. The van der Waals surface area contributed by atoms with Crippen molar-refractivity contribution < 1.29 is 8.42 Å². The first-order valence-electron chi connectivity index (χ1n) is 5.00. The van der Waals surface area contributed by atoms with E-state index >= 15 is 0 Å². The van der Waals surface area contributed by atoms with Crippen molar-refractivity contribution >= 4 is 15.7 Å². The first-order valence-corrected chi connectivity index (χ1v) is 6.89. The van der Waals surface area contributed by atoms with Crippen LogP contribution in [0.5, 0.6) is 0 Å². The van der Waals surface area contributed by atoms with Crippen molar-refractivity contribution in [1.82, 2.24) is 9.55 Å². The Morgan fingerprint density at radius 1 is 1.24 bits per heavy atom. The van der Waals surface area contributed by atoms with Crippen molar-refractivity contribution in [3.63, 3.8) is 0 Å². The second-order valence-corrected chi connectivity index (χ2v) is 5.62. The third-order valence-electron chi connectivity index (χ3n) is 2.19. The Labute approximate surface area is 100 Å². The van der Waals surface area contributed by atoms with Crippen LogP contribution in [-0.2, 0) is 17.1 Å². The largest absolute Gasteiger partial charge is 0.340 e. The van der Waals surface area contributed by atoms with E-state index in [4.69, 9.17) is 0 Å². The van der Waals surface area contributed by atoms with Gasteiger partial charge in [0.1, 0.15) is 0 Å². The number of aryl methyl sites for hydroxylation is 1. The average Bonchev–Trinajstić information content (AvgIpc) is 2.63. The van der Waals surface area contributed by atoms with E-state index in [9.17, 15) is 8.42 Å². The molecule has 2 rings (SSSR count). The highest BCUT2D eigenvalue weighted by Crippen LogP contribution is 2.19. The predicted molar refractivity (Wildman–Crippen MR) is 67.1 cm³/mol. The minimum absolute atomic E-state index is 0.548. The number of rotatable bonds is 3. The van der Waals surface area contributed by atoms with E-state index in [1.54, 1.807) is 18.5 Å². The van der Waals surface area contributed by atoms with Gasteiger partial charge in [-0.05, 0) is 12.1 Å². The molecule has 5 nitrogen and oxygen atoms in total. The van der Waals surface area contributed by atoms with Gasteiger partial charge in [0.05, 0.1) is 18.3 Å². The van der Waals surface area contributed by atoms with E-state index in [-0.39, 0.29) is 0 Å². The van der Waals surface area contributed by atoms with Gasteiger partial charge in [-0.2, -0.15) is 0 Å². The van der Waals surface area contributed by atoms with Crippen molar-refractivity contribution in [3.05, 3.63) is 36.8 Å². The molecular formula is C11H13N3O2S. The molecule has 1 aromatic carbocycles. The zero-order valence-corrected chi connectivity index (χ0v) is 10.4. The second-order valence-electron chi connectivity index (χ2n) is 3.88. The number of nitrogens with zero attached hydrogens (tertiary/aromatic N) is 2. The van der Waals surface area contributed by atoms with E-state index < -0.39 is 10.0 Å². The molecule has 1 N–H and O–H groups in total. The number of hydrogen-bond donors (Lipinski definition) is 1. The van der Waals surface area contributed by atoms with Gasteiger partial charge in [-0.15, -0.1) is 0 Å². The lowest BCUT2D eigenvalue weighted by Crippen LogP contribution is -2.09. The molecule has 1 heterocycles. The van der Waals surface area contributed by atoms with Crippen molar-refractivity contribution in [2.45, 2.75) is 0 Å². The number of hydrogen-bond acceptors (Lipinski definition) is 3. The van der Waals surface area contributed by atoms with Crippen molar-refractivity contribution in [3.8, 4) is 11.3 Å². The lowest BCUT2D eigenvalue weighted by molar-refractivity contribution is 0.607. The summed E-state index contributed by atoms with van der Waals surface area (Å²) in [6.45, 7) is 0. The maximum atomic E-state index is 11.0. The van der Waals surface area contributed by atoms with Crippen molar-refractivity contribution in [2.24, 2.45) is 7.05 Å². The number of sulfonamides is 1. The summed E-state index contributed by atoms with van der Waals surface area (Å²) in [5.74, 6) is 0. The van der Waals surface area contributed by atoms with Gasteiger partial charge in [-0.25, -0.2) is 13.4 Å². The summed E-state index contributed by atoms with van der Waals surface area (Å²) in [6.07, 6.45) is 4.75. The summed E-state index contributed by atoms with van der Waals surface area (Å²) in [4.78, 5) is 4.21. The van der Waals surface area contributed by atoms with E-state index in [2.05, 4.69) is 9.71 Å². The molecule has 0 spiro atoms. The Hall–Kier alpha value is -1.82. The fourth-order valence-corrected chi connectivity index (χ4v) is 2.05. The van der Waals surface area contributed by atoms with E-state index in [1.165, 1.54) is 0 Å². The lowest BCUT2D eigenvalue weighted by atomic mass is 10.1. The molecule has 0 atom stereocenters. The summed E-state index contributed by atoms with van der Waals surface area (Å²) >= 11 is 0. The summed E-state index contributed by atoms with van der Waals surface area (Å²) in [5.41, 5.74) is 2.36. The van der Waals surface area contributed by atoms with Crippen LogP contribution in [-0.4, -0.2) is 24.2 Å². The molecule has 0 saturated heterocycles. The number of nitrogens with one attached hydrogen (secondary N) is 1. The van der Waals surface area contributed by atoms with Gasteiger partial charge in [0.25, 0.3) is 0 Å². The smallest absolute Gasteiger partial charge is 0.229 e. The third-order valence-corrected chi connectivity index (χ3v) is 2.80. The molecule has 0 amide bonds. The van der Waals surface area contributed by atoms with Crippen molar-refractivity contribution in [1.29, 1.82) is 0 Å². The number of imidazole rings is 1. The summed E-state index contributed by atoms with van der Waals surface area (Å²) in [7, 11) is -1.32. The average molecular weight is 251 g/mol. The van der Waals surface area contributed by atoms with Gasteiger partial charge >= 0.3 is 0 Å². The van der Waals surface area contributed by atoms with Crippen LogP contribution in [0.2, 0.25) is 0 Å². The van der Waals surface area contributed by atoms with Gasteiger partial charge in [0, 0.05) is 24.5 Å². The SMILES string of the molecule is Cn1cnc(-c2ccc(NS(C)(=O)=O)cc2)c1. The quantitative estimate of drug-likeness (QED) is 0.898. The molecule has 0 aliphatic heterocycles. The van der Waals surface area contributed by atoms with Crippen molar-refractivity contribution in [2.75, 3.05) is 11.0 Å². The Morgan fingerprint density at radius 3 is 2.35 bits per heavy atom. The van der Waals surface area contributed by atoms with E-state index in [1.807, 2.05) is 29.9 Å². The number of benzene rings is 1. The van der Waals surface area contributed by atoms with Crippen LogP contribution < -0.4 is 4.72 Å². The van der Waals surface area contributed by atoms with Gasteiger partial charge in [0.15, 0.2) is 0 Å². The monoisotopic (exact) mass is 251 g/mol. The maximum Gasteiger partial charge on any atom is 0.229 e. The highest BCUT2D eigenvalue weighted by Gasteiger charge is 2.03. The zero-order valence-electron chi connectivity index (χ0n) is 9.58. The highest BCUT2D eigenvalue weighted by atomic mass is 32.2. The van der Waals surface area contributed by atoms with Crippen LogP contribution >= 0.6 is 0 Å². The number of anilines is 1. The van der Waals surface area contributed by atoms with E-state index in [0.717, 1.165) is 17.5 Å². The molecule has 0 aliphatic rings. The first kappa shape index (κ1) is 11.7. The summed E-state index contributed by atoms with van der Waals surface area (Å²) in [6, 6.07) is 7.09. The van der Waals surface area contributed by atoms with Gasteiger partial charge in [-0.3, -0.25) is 4.72 Å². The van der Waals surface area contributed by atoms with Crippen LogP contribution in [0.3, 0.4) is 0 Å². The molecule has 0 radical (unpaired) electrons. The van der Waals surface area contributed by atoms with Crippen LogP contribution in [0, 0.1) is 0 Å². The molecule has 0 unspecified atom stereocenters. The van der Waals surface area contributed by atoms with Gasteiger partial charge in [0.2, 0.25) is 10.0 Å². The molecule has 1 aromatic heterocycles. The van der Waals surface area contributed by atoms with Crippen LogP contribution in [0.25, 0.3) is 11.3 Å². The molecular weight excluding hydrogens is 238 g/mol.